The molecule has 0 saturated heterocycles. The third-order valence-electron chi connectivity index (χ3n) is 3.78. The van der Waals surface area contributed by atoms with E-state index in [-0.39, 0.29) is 24.5 Å². The van der Waals surface area contributed by atoms with Gasteiger partial charge in [-0.3, -0.25) is 4.79 Å². The third-order valence-corrected chi connectivity index (χ3v) is 6.07. The molecule has 0 aromatic heterocycles. The first-order valence-electron chi connectivity index (χ1n) is 6.56. The zero-order chi connectivity index (χ0) is 15.0. The van der Waals surface area contributed by atoms with Gasteiger partial charge >= 0.3 is 5.97 Å². The van der Waals surface area contributed by atoms with Crippen LogP contribution in [0.25, 0.3) is 0 Å². The first kappa shape index (κ1) is 15.0. The summed E-state index contributed by atoms with van der Waals surface area (Å²) < 4.78 is 30.0. The Balaban J connectivity index is 2.29. The van der Waals surface area contributed by atoms with Gasteiger partial charge in [0.15, 0.2) is 9.84 Å². The number of carbonyl (C=O) groups excluding carboxylic acids is 1. The molecule has 1 aliphatic rings. The molecule has 1 saturated carbocycles. The second-order valence-corrected chi connectivity index (χ2v) is 7.26. The molecule has 5 nitrogen and oxygen atoms in total. The van der Waals surface area contributed by atoms with Gasteiger partial charge in [-0.05, 0) is 32.4 Å². The summed E-state index contributed by atoms with van der Waals surface area (Å²) >= 11 is 0. The molecule has 2 atom stereocenters. The highest BCUT2D eigenvalue weighted by molar-refractivity contribution is 7.92. The number of sulfone groups is 1. The summed E-state index contributed by atoms with van der Waals surface area (Å²) in [6.07, 6.45) is 0.235. The van der Waals surface area contributed by atoms with Gasteiger partial charge in [-0.25, -0.2) is 8.42 Å². The van der Waals surface area contributed by atoms with Crippen LogP contribution in [0.4, 0.5) is 0 Å². The van der Waals surface area contributed by atoms with E-state index in [4.69, 9.17) is 10.5 Å². The van der Waals surface area contributed by atoms with Gasteiger partial charge in [0.2, 0.25) is 0 Å². The van der Waals surface area contributed by atoms with Crippen LogP contribution in [0.15, 0.2) is 29.2 Å². The predicted molar refractivity (Wildman–Crippen MR) is 74.9 cm³/mol. The van der Waals surface area contributed by atoms with Crippen molar-refractivity contribution in [3.8, 4) is 0 Å². The van der Waals surface area contributed by atoms with Crippen molar-refractivity contribution in [2.24, 2.45) is 11.1 Å². The number of nitrogens with two attached hydrogens (primary N) is 1. The fourth-order valence-electron chi connectivity index (χ4n) is 2.36. The van der Waals surface area contributed by atoms with Crippen LogP contribution >= 0.6 is 0 Å². The summed E-state index contributed by atoms with van der Waals surface area (Å²) in [5.74, 6) is -0.511. The van der Waals surface area contributed by atoms with E-state index in [9.17, 15) is 13.2 Å². The smallest absolute Gasteiger partial charge is 0.314 e. The maximum absolute atomic E-state index is 12.5. The molecule has 2 N–H and O–H groups in total. The van der Waals surface area contributed by atoms with E-state index in [1.807, 2.05) is 6.92 Å². The van der Waals surface area contributed by atoms with Crippen molar-refractivity contribution in [3.63, 3.8) is 0 Å². The highest BCUT2D eigenvalue weighted by Gasteiger charge is 2.66. The maximum Gasteiger partial charge on any atom is 0.314 e. The molecular weight excluding hydrogens is 278 g/mol. The van der Waals surface area contributed by atoms with Crippen LogP contribution in [0, 0.1) is 12.3 Å². The Hall–Kier alpha value is -1.40. The Morgan fingerprint density at radius 1 is 1.40 bits per heavy atom. The summed E-state index contributed by atoms with van der Waals surface area (Å²) in [5, 5.41) is -0.776. The number of aryl methyl sites for hydroxylation is 1. The summed E-state index contributed by atoms with van der Waals surface area (Å²) in [6.45, 7) is 3.78. The van der Waals surface area contributed by atoms with Crippen LogP contribution in [-0.4, -0.2) is 32.8 Å². The second-order valence-electron chi connectivity index (χ2n) is 5.13. The largest absolute Gasteiger partial charge is 0.465 e. The summed E-state index contributed by atoms with van der Waals surface area (Å²) in [6, 6.07) is 6.61. The van der Waals surface area contributed by atoms with Gasteiger partial charge in [-0.1, -0.05) is 17.7 Å². The molecule has 110 valence electrons. The van der Waals surface area contributed by atoms with Crippen molar-refractivity contribution < 1.29 is 17.9 Å². The average molecular weight is 297 g/mol. The molecule has 0 amide bonds. The minimum atomic E-state index is -3.55. The third kappa shape index (κ3) is 2.33. The van der Waals surface area contributed by atoms with Crippen LogP contribution < -0.4 is 5.73 Å². The van der Waals surface area contributed by atoms with E-state index in [1.54, 1.807) is 31.2 Å². The van der Waals surface area contributed by atoms with Crippen LogP contribution in [-0.2, 0) is 19.4 Å². The van der Waals surface area contributed by atoms with Gasteiger partial charge < -0.3 is 10.5 Å². The Labute approximate surface area is 119 Å². The van der Waals surface area contributed by atoms with E-state index < -0.39 is 26.5 Å². The zero-order valence-electron chi connectivity index (χ0n) is 11.6. The lowest BCUT2D eigenvalue weighted by Crippen LogP contribution is -2.33. The van der Waals surface area contributed by atoms with E-state index in [0.717, 1.165) is 5.56 Å². The SMILES string of the molecule is CCOC(=O)[C@@]1(CN)C[C@H]1S(=O)(=O)c1ccc(C)cc1. The fraction of sp³-hybridized carbons (Fsp3) is 0.500. The average Bonchev–Trinajstić information content (AvgIpc) is 3.16. The van der Waals surface area contributed by atoms with Crippen molar-refractivity contribution in [2.75, 3.05) is 13.2 Å². The van der Waals surface area contributed by atoms with Crippen molar-refractivity contribution in [1.82, 2.24) is 0 Å². The Morgan fingerprint density at radius 3 is 2.50 bits per heavy atom. The normalized spacial score (nSPS) is 25.2. The maximum atomic E-state index is 12.5. The van der Waals surface area contributed by atoms with Gasteiger partial charge in [0, 0.05) is 6.54 Å². The second kappa shape index (κ2) is 5.18. The number of esters is 1. The molecule has 1 aliphatic carbocycles. The zero-order valence-corrected chi connectivity index (χ0v) is 12.4. The van der Waals surface area contributed by atoms with Crippen LogP contribution in [0.2, 0.25) is 0 Å². The molecule has 2 rings (SSSR count). The van der Waals surface area contributed by atoms with Crippen LogP contribution in [0.3, 0.4) is 0 Å². The van der Waals surface area contributed by atoms with Crippen molar-refractivity contribution in [1.29, 1.82) is 0 Å². The molecule has 0 bridgehead atoms. The van der Waals surface area contributed by atoms with Crippen LogP contribution in [0.1, 0.15) is 18.9 Å². The van der Waals surface area contributed by atoms with Crippen molar-refractivity contribution in [3.05, 3.63) is 29.8 Å². The van der Waals surface area contributed by atoms with Crippen molar-refractivity contribution >= 4 is 15.8 Å². The molecule has 1 fully saturated rings. The lowest BCUT2D eigenvalue weighted by Gasteiger charge is -2.13. The van der Waals surface area contributed by atoms with E-state index in [1.165, 1.54) is 0 Å². The summed E-state index contributed by atoms with van der Waals surface area (Å²) in [4.78, 5) is 12.2. The molecule has 0 radical (unpaired) electrons. The van der Waals surface area contributed by atoms with Gasteiger partial charge in [0.1, 0.15) is 0 Å². The van der Waals surface area contributed by atoms with Gasteiger partial charge in [-0.15, -0.1) is 0 Å². The number of rotatable bonds is 5. The number of benzene rings is 1. The lowest BCUT2D eigenvalue weighted by atomic mass is 10.1. The topological polar surface area (TPSA) is 86.5 Å². The molecule has 1 aromatic carbocycles. The van der Waals surface area contributed by atoms with E-state index in [2.05, 4.69) is 0 Å². The standard InChI is InChI=1S/C14H19NO4S/c1-3-19-13(16)14(9-15)8-12(14)20(17,18)11-6-4-10(2)5-7-11/h4-7,12H,3,8-9,15H2,1-2H3/t12-,14-/m1/s1. The molecule has 0 aliphatic heterocycles. The molecular formula is C14H19NO4S. The minimum absolute atomic E-state index is 0.0123. The predicted octanol–water partition coefficient (Wildman–Crippen LogP) is 1.05. The fourth-order valence-corrected chi connectivity index (χ4v) is 4.51. The highest BCUT2D eigenvalue weighted by atomic mass is 32.2. The quantitative estimate of drug-likeness (QED) is 0.821. The number of hydrogen-bond acceptors (Lipinski definition) is 5. The Kier molecular flexibility index (Phi) is 3.88. The molecule has 0 heterocycles. The number of ether oxygens (including phenoxy) is 1. The first-order valence-corrected chi connectivity index (χ1v) is 8.11. The summed E-state index contributed by atoms with van der Waals surface area (Å²) in [5.41, 5.74) is 5.54. The molecule has 0 spiro atoms. The molecule has 1 aromatic rings. The lowest BCUT2D eigenvalue weighted by molar-refractivity contribution is -0.149. The number of carbonyl (C=O) groups is 1. The first-order chi connectivity index (χ1) is 9.38. The Morgan fingerprint density at radius 2 is 2.00 bits per heavy atom. The number of hydrogen-bond donors (Lipinski definition) is 1. The van der Waals surface area contributed by atoms with Crippen LogP contribution in [0.5, 0.6) is 0 Å². The Bertz CT molecular complexity index is 609. The minimum Gasteiger partial charge on any atom is -0.465 e. The summed E-state index contributed by atoms with van der Waals surface area (Å²) in [7, 11) is -3.55. The monoisotopic (exact) mass is 297 g/mol. The van der Waals surface area contributed by atoms with Gasteiger partial charge in [0.25, 0.3) is 0 Å². The van der Waals surface area contributed by atoms with Gasteiger partial charge in [-0.2, -0.15) is 0 Å². The van der Waals surface area contributed by atoms with Gasteiger partial charge in [0.05, 0.1) is 22.2 Å². The molecule has 6 heteroatoms. The van der Waals surface area contributed by atoms with E-state index in [0.29, 0.717) is 0 Å². The van der Waals surface area contributed by atoms with Crippen molar-refractivity contribution in [2.45, 2.75) is 30.4 Å². The highest BCUT2D eigenvalue weighted by Crippen LogP contribution is 2.52. The van der Waals surface area contributed by atoms with E-state index >= 15 is 0 Å². The molecule has 20 heavy (non-hydrogen) atoms. The molecule has 0 unspecified atom stereocenters.